The molecule has 4 amide bonds. The van der Waals surface area contributed by atoms with Crippen LogP contribution in [-0.4, -0.2) is 89.1 Å². The minimum Gasteiger partial charge on any atom is -0.459 e. The molecule has 2 N–H and O–H groups in total. The largest absolute Gasteiger partial charge is 0.459 e. The first-order valence-corrected chi connectivity index (χ1v) is 13.3. The number of furan rings is 1. The molecule has 0 radical (unpaired) electrons. The van der Waals surface area contributed by atoms with E-state index in [0.29, 0.717) is 50.9 Å². The number of carbonyl (C=O) groups is 3. The highest BCUT2D eigenvalue weighted by Crippen LogP contribution is 2.60. The molecule has 7 rings (SSSR count). The van der Waals surface area contributed by atoms with Crippen molar-refractivity contribution in [2.24, 2.45) is 23.2 Å². The Labute approximate surface area is 205 Å². The molecule has 3 unspecified atom stereocenters. The molecular formula is C26H36N4O5. The number of nitrogens with one attached hydrogen (secondary N) is 1. The molecule has 2 aliphatic heterocycles. The lowest BCUT2D eigenvalue weighted by Gasteiger charge is -2.58. The number of hydrogen-bond acceptors (Lipinski definition) is 5. The number of carbonyl (C=O) groups excluding carboxylic acids is 3. The van der Waals surface area contributed by atoms with Crippen molar-refractivity contribution in [3.8, 4) is 0 Å². The number of likely N-dealkylation sites (tertiary alicyclic amines) is 1. The fourth-order valence-electron chi connectivity index (χ4n) is 7.74. The second-order valence-electron chi connectivity index (χ2n) is 11.5. The third-order valence-electron chi connectivity index (χ3n) is 9.30. The summed E-state index contributed by atoms with van der Waals surface area (Å²) in [6.45, 7) is 3.18. The van der Waals surface area contributed by atoms with Crippen molar-refractivity contribution in [2.75, 3.05) is 39.3 Å². The monoisotopic (exact) mass is 484 g/mol. The Hall–Kier alpha value is -2.55. The third kappa shape index (κ3) is 4.11. The van der Waals surface area contributed by atoms with Crippen molar-refractivity contribution in [3.05, 3.63) is 24.2 Å². The van der Waals surface area contributed by atoms with E-state index >= 15 is 0 Å². The number of nitrogens with zero attached hydrogens (tertiary/aromatic N) is 3. The lowest BCUT2D eigenvalue weighted by Crippen LogP contribution is -2.61. The Balaban J connectivity index is 1.03. The third-order valence-corrected chi connectivity index (χ3v) is 9.30. The number of aliphatic hydroxyl groups is 1. The van der Waals surface area contributed by atoms with E-state index in [9.17, 15) is 19.5 Å². The first kappa shape index (κ1) is 22.9. The zero-order chi connectivity index (χ0) is 24.2. The summed E-state index contributed by atoms with van der Waals surface area (Å²) in [6, 6.07) is 3.32. The molecule has 6 fully saturated rings. The Morgan fingerprint density at radius 3 is 2.37 bits per heavy atom. The van der Waals surface area contributed by atoms with E-state index in [1.165, 1.54) is 6.26 Å². The normalized spacial score (nSPS) is 36.4. The quantitative estimate of drug-likeness (QED) is 0.682. The molecule has 6 aliphatic rings. The van der Waals surface area contributed by atoms with E-state index in [1.54, 1.807) is 17.0 Å². The molecule has 2 saturated heterocycles. The summed E-state index contributed by atoms with van der Waals surface area (Å²) in [6.07, 6.45) is 7.72. The Kier molecular flexibility index (Phi) is 5.78. The molecule has 0 spiro atoms. The standard InChI is InChI=1S/C26H36N4O5/c31-22-18-11-17-12-19(22)15-26(13-17,14-18)24(33)27-20-3-1-5-30(16-20)25(34)29-8-6-28(7-9-29)23(32)21-4-2-10-35-21/h2,4,10,17-20,22,31H,1,3,5-9,11-16H2,(H,27,33). The first-order valence-electron chi connectivity index (χ1n) is 13.3. The van der Waals surface area contributed by atoms with Gasteiger partial charge in [-0.2, -0.15) is 0 Å². The van der Waals surface area contributed by atoms with E-state index in [2.05, 4.69) is 5.32 Å². The molecule has 9 heteroatoms. The van der Waals surface area contributed by atoms with Gasteiger partial charge in [0.25, 0.3) is 5.91 Å². The maximum atomic E-state index is 13.5. The van der Waals surface area contributed by atoms with Crippen molar-refractivity contribution < 1.29 is 23.9 Å². The van der Waals surface area contributed by atoms with E-state index in [-0.39, 0.29) is 47.2 Å². The fourth-order valence-corrected chi connectivity index (χ4v) is 7.74. The van der Waals surface area contributed by atoms with Gasteiger partial charge in [0.15, 0.2) is 5.76 Å². The highest BCUT2D eigenvalue weighted by molar-refractivity contribution is 5.91. The number of amides is 4. The van der Waals surface area contributed by atoms with Crippen molar-refractivity contribution in [1.29, 1.82) is 0 Å². The molecule has 9 nitrogen and oxygen atoms in total. The Morgan fingerprint density at radius 2 is 1.69 bits per heavy atom. The summed E-state index contributed by atoms with van der Waals surface area (Å²) in [5.41, 5.74) is -0.321. The molecule has 3 atom stereocenters. The van der Waals surface area contributed by atoms with Crippen LogP contribution in [0.2, 0.25) is 0 Å². The molecule has 4 bridgehead atoms. The van der Waals surface area contributed by atoms with Gasteiger partial charge in [0.1, 0.15) is 0 Å². The molecule has 4 saturated carbocycles. The summed E-state index contributed by atoms with van der Waals surface area (Å²) in [5.74, 6) is 1.45. The summed E-state index contributed by atoms with van der Waals surface area (Å²) < 4.78 is 5.22. The zero-order valence-electron chi connectivity index (χ0n) is 20.2. The van der Waals surface area contributed by atoms with Gasteiger partial charge in [-0.3, -0.25) is 9.59 Å². The predicted molar refractivity (Wildman–Crippen MR) is 126 cm³/mol. The van der Waals surface area contributed by atoms with Crippen molar-refractivity contribution in [3.63, 3.8) is 0 Å². The Bertz CT molecular complexity index is 956. The van der Waals surface area contributed by atoms with Crippen molar-refractivity contribution in [1.82, 2.24) is 20.0 Å². The summed E-state index contributed by atoms with van der Waals surface area (Å²) in [7, 11) is 0. The van der Waals surface area contributed by atoms with Gasteiger partial charge >= 0.3 is 6.03 Å². The van der Waals surface area contributed by atoms with Crippen LogP contribution in [0.1, 0.15) is 55.5 Å². The fraction of sp³-hybridized carbons (Fsp3) is 0.731. The lowest BCUT2D eigenvalue weighted by atomic mass is 9.48. The maximum Gasteiger partial charge on any atom is 0.320 e. The number of aliphatic hydroxyl groups excluding tert-OH is 1. The van der Waals surface area contributed by atoms with Gasteiger partial charge in [0.2, 0.25) is 5.91 Å². The van der Waals surface area contributed by atoms with Crippen LogP contribution >= 0.6 is 0 Å². The summed E-state index contributed by atoms with van der Waals surface area (Å²) in [4.78, 5) is 44.6. The minimum atomic E-state index is -0.321. The van der Waals surface area contributed by atoms with E-state index in [0.717, 1.165) is 44.9 Å². The number of urea groups is 1. The molecule has 0 aromatic carbocycles. The van der Waals surface area contributed by atoms with Crippen LogP contribution in [-0.2, 0) is 4.79 Å². The lowest BCUT2D eigenvalue weighted by molar-refractivity contribution is -0.163. The van der Waals surface area contributed by atoms with Gasteiger partial charge in [-0.1, -0.05) is 0 Å². The zero-order valence-corrected chi connectivity index (χ0v) is 20.2. The van der Waals surface area contributed by atoms with Crippen LogP contribution in [0, 0.1) is 23.2 Å². The van der Waals surface area contributed by atoms with Crippen LogP contribution in [0.3, 0.4) is 0 Å². The average Bonchev–Trinajstić information content (AvgIpc) is 3.41. The SMILES string of the molecule is O=C(c1ccco1)N1CCN(C(=O)N2CCCC(NC(=O)C34CC5CC(C3)C(O)C(C5)C4)C2)CC1. The molecule has 4 aliphatic carbocycles. The number of piperazine rings is 1. The van der Waals surface area contributed by atoms with Gasteiger partial charge in [0, 0.05) is 45.3 Å². The van der Waals surface area contributed by atoms with E-state index in [1.807, 2.05) is 9.80 Å². The van der Waals surface area contributed by atoms with Crippen LogP contribution in [0.5, 0.6) is 0 Å². The smallest absolute Gasteiger partial charge is 0.320 e. The van der Waals surface area contributed by atoms with Gasteiger partial charge in [-0.05, 0) is 74.8 Å². The van der Waals surface area contributed by atoms with Crippen molar-refractivity contribution >= 4 is 17.8 Å². The summed E-state index contributed by atoms with van der Waals surface area (Å²) >= 11 is 0. The topological polar surface area (TPSA) is 106 Å². The van der Waals surface area contributed by atoms with Crippen LogP contribution in [0.15, 0.2) is 22.8 Å². The first-order chi connectivity index (χ1) is 16.9. The van der Waals surface area contributed by atoms with Gasteiger partial charge in [0.05, 0.1) is 17.8 Å². The maximum absolute atomic E-state index is 13.5. The summed E-state index contributed by atoms with van der Waals surface area (Å²) in [5, 5.41) is 13.9. The Morgan fingerprint density at radius 1 is 0.971 bits per heavy atom. The van der Waals surface area contributed by atoms with Crippen LogP contribution < -0.4 is 5.32 Å². The van der Waals surface area contributed by atoms with Crippen LogP contribution in [0.4, 0.5) is 4.79 Å². The van der Waals surface area contributed by atoms with E-state index < -0.39 is 0 Å². The minimum absolute atomic E-state index is 0.00743. The molecule has 1 aromatic heterocycles. The molecular weight excluding hydrogens is 448 g/mol. The molecule has 190 valence electrons. The molecule has 3 heterocycles. The van der Waals surface area contributed by atoms with Gasteiger partial charge in [-0.15, -0.1) is 0 Å². The second kappa shape index (κ2) is 8.84. The highest BCUT2D eigenvalue weighted by Gasteiger charge is 2.58. The highest BCUT2D eigenvalue weighted by atomic mass is 16.3. The van der Waals surface area contributed by atoms with E-state index in [4.69, 9.17) is 4.42 Å². The van der Waals surface area contributed by atoms with Gasteiger partial charge in [-0.25, -0.2) is 4.79 Å². The predicted octanol–water partition coefficient (Wildman–Crippen LogP) is 1.93. The number of piperidine rings is 1. The molecule has 35 heavy (non-hydrogen) atoms. The number of hydrogen-bond donors (Lipinski definition) is 2. The number of rotatable bonds is 3. The van der Waals surface area contributed by atoms with Gasteiger partial charge < -0.3 is 29.5 Å². The van der Waals surface area contributed by atoms with Crippen molar-refractivity contribution in [2.45, 2.75) is 57.1 Å². The average molecular weight is 485 g/mol. The van der Waals surface area contributed by atoms with Crippen LogP contribution in [0.25, 0.3) is 0 Å². The molecule has 1 aromatic rings. The second-order valence-corrected chi connectivity index (χ2v) is 11.5.